The second-order valence-electron chi connectivity index (χ2n) is 5.45. The van der Waals surface area contributed by atoms with Crippen LogP contribution in [0.4, 0.5) is 0 Å². The maximum absolute atomic E-state index is 6.19. The van der Waals surface area contributed by atoms with Crippen molar-refractivity contribution >= 4 is 0 Å². The molecule has 1 aromatic heterocycles. The second kappa shape index (κ2) is 7.20. The number of hydrogen-bond acceptors (Lipinski definition) is 4. The number of nitrogens with one attached hydrogen (secondary N) is 1. The van der Waals surface area contributed by atoms with Crippen LogP contribution in [0.2, 0.25) is 0 Å². The van der Waals surface area contributed by atoms with Crippen LogP contribution in [0.3, 0.4) is 0 Å². The number of likely N-dealkylation sites (N-methyl/N-ethyl adjacent to an activating group) is 1. The Morgan fingerprint density at radius 1 is 1.45 bits per heavy atom. The molecule has 0 amide bonds. The van der Waals surface area contributed by atoms with Crippen molar-refractivity contribution in [3.8, 4) is 0 Å². The lowest BCUT2D eigenvalue weighted by atomic mass is 9.83. The molecule has 1 aliphatic rings. The van der Waals surface area contributed by atoms with E-state index in [2.05, 4.69) is 30.5 Å². The summed E-state index contributed by atoms with van der Waals surface area (Å²) in [7, 11) is 1.96. The summed E-state index contributed by atoms with van der Waals surface area (Å²) in [6.07, 6.45) is 6.89. The molecule has 2 heterocycles. The normalized spacial score (nSPS) is 19.9. The van der Waals surface area contributed by atoms with Crippen LogP contribution in [0.5, 0.6) is 0 Å². The predicted octanol–water partition coefficient (Wildman–Crippen LogP) is 1.53. The lowest BCUT2D eigenvalue weighted by molar-refractivity contribution is -0.126. The van der Waals surface area contributed by atoms with Crippen LogP contribution < -0.4 is 5.32 Å². The van der Waals surface area contributed by atoms with Gasteiger partial charge >= 0.3 is 0 Å². The zero-order valence-corrected chi connectivity index (χ0v) is 12.9. The van der Waals surface area contributed by atoms with Crippen LogP contribution >= 0.6 is 0 Å². The summed E-state index contributed by atoms with van der Waals surface area (Å²) >= 11 is 0. The Balaban J connectivity index is 2.14. The van der Waals surface area contributed by atoms with E-state index in [1.54, 1.807) is 0 Å². The zero-order valence-electron chi connectivity index (χ0n) is 12.9. The molecule has 0 saturated carbocycles. The van der Waals surface area contributed by atoms with Crippen molar-refractivity contribution in [3.05, 3.63) is 18.0 Å². The Hall–Kier alpha value is -0.910. The molecule has 0 aromatic carbocycles. The molecule has 0 spiro atoms. The SMILES string of the molecule is CCNC(Cc1cnn(C)c1)C1(OCC)CCOCC1. The Labute approximate surface area is 121 Å². The minimum Gasteiger partial charge on any atom is -0.381 e. The minimum atomic E-state index is -0.112. The fourth-order valence-electron chi connectivity index (χ4n) is 3.10. The van der Waals surface area contributed by atoms with Crippen molar-refractivity contribution in [1.82, 2.24) is 15.1 Å². The maximum atomic E-state index is 6.19. The van der Waals surface area contributed by atoms with Gasteiger partial charge in [-0.15, -0.1) is 0 Å². The lowest BCUT2D eigenvalue weighted by Gasteiger charge is -2.43. The first-order valence-electron chi connectivity index (χ1n) is 7.63. The highest BCUT2D eigenvalue weighted by Crippen LogP contribution is 2.30. The Morgan fingerprint density at radius 2 is 2.20 bits per heavy atom. The standard InChI is InChI=1S/C15H27N3O2/c1-4-16-14(10-13-11-17-18(3)12-13)15(20-5-2)6-8-19-9-7-15/h11-12,14,16H,4-10H2,1-3H3. The number of aromatic nitrogens is 2. The molecule has 5 nitrogen and oxygen atoms in total. The van der Waals surface area contributed by atoms with Crippen molar-refractivity contribution in [1.29, 1.82) is 0 Å². The quantitative estimate of drug-likeness (QED) is 0.823. The molecule has 0 bridgehead atoms. The molecule has 1 fully saturated rings. The van der Waals surface area contributed by atoms with Crippen molar-refractivity contribution in [2.24, 2.45) is 7.05 Å². The number of hydrogen-bond donors (Lipinski definition) is 1. The highest BCUT2D eigenvalue weighted by Gasteiger charge is 2.40. The van der Waals surface area contributed by atoms with Crippen molar-refractivity contribution in [2.75, 3.05) is 26.4 Å². The molecule has 0 aliphatic carbocycles. The summed E-state index contributed by atoms with van der Waals surface area (Å²) in [5, 5.41) is 7.89. The fraction of sp³-hybridized carbons (Fsp3) is 0.800. The van der Waals surface area contributed by atoms with Gasteiger partial charge in [-0.2, -0.15) is 5.10 Å². The lowest BCUT2D eigenvalue weighted by Crippen LogP contribution is -2.56. The minimum absolute atomic E-state index is 0.112. The average molecular weight is 281 g/mol. The molecular weight excluding hydrogens is 254 g/mol. The molecule has 5 heteroatoms. The van der Waals surface area contributed by atoms with E-state index in [-0.39, 0.29) is 5.60 Å². The number of aryl methyl sites for hydroxylation is 1. The van der Waals surface area contributed by atoms with Gasteiger partial charge in [0.2, 0.25) is 0 Å². The van der Waals surface area contributed by atoms with Gasteiger partial charge in [-0.3, -0.25) is 4.68 Å². The van der Waals surface area contributed by atoms with E-state index >= 15 is 0 Å². The zero-order chi connectivity index (χ0) is 14.4. The van der Waals surface area contributed by atoms with Crippen LogP contribution in [0.1, 0.15) is 32.3 Å². The fourth-order valence-corrected chi connectivity index (χ4v) is 3.10. The highest BCUT2D eigenvalue weighted by atomic mass is 16.5. The molecular formula is C15H27N3O2. The van der Waals surface area contributed by atoms with Gasteiger partial charge in [0.15, 0.2) is 0 Å². The summed E-state index contributed by atoms with van der Waals surface area (Å²) < 4.78 is 13.6. The smallest absolute Gasteiger partial charge is 0.0881 e. The number of ether oxygens (including phenoxy) is 2. The van der Waals surface area contributed by atoms with Gasteiger partial charge in [0.05, 0.1) is 11.8 Å². The Bertz CT molecular complexity index is 394. The highest BCUT2D eigenvalue weighted by molar-refractivity contribution is 5.10. The van der Waals surface area contributed by atoms with Crippen molar-refractivity contribution in [3.63, 3.8) is 0 Å². The number of rotatable bonds is 7. The van der Waals surface area contributed by atoms with Gasteiger partial charge in [0.1, 0.15) is 0 Å². The van der Waals surface area contributed by atoms with Gasteiger partial charge in [-0.1, -0.05) is 6.92 Å². The first-order chi connectivity index (χ1) is 9.70. The molecule has 20 heavy (non-hydrogen) atoms. The molecule has 1 aromatic rings. The van der Waals surface area contributed by atoms with Crippen molar-refractivity contribution < 1.29 is 9.47 Å². The van der Waals surface area contributed by atoms with E-state index < -0.39 is 0 Å². The molecule has 1 saturated heterocycles. The third kappa shape index (κ3) is 3.59. The van der Waals surface area contributed by atoms with Crippen LogP contribution in [0, 0.1) is 0 Å². The molecule has 1 unspecified atom stereocenters. The summed E-state index contributed by atoms with van der Waals surface area (Å²) in [6.45, 7) is 7.49. The molecule has 1 aliphatic heterocycles. The van der Waals surface area contributed by atoms with Crippen molar-refractivity contribution in [2.45, 2.75) is 44.8 Å². The summed E-state index contributed by atoms with van der Waals surface area (Å²) in [5.74, 6) is 0. The van der Waals surface area contributed by atoms with E-state index in [1.165, 1.54) is 5.56 Å². The van der Waals surface area contributed by atoms with Crippen LogP contribution in [-0.2, 0) is 22.9 Å². The van der Waals surface area contributed by atoms with Crippen LogP contribution in [0.15, 0.2) is 12.4 Å². The van der Waals surface area contributed by atoms with E-state index in [9.17, 15) is 0 Å². The second-order valence-corrected chi connectivity index (χ2v) is 5.45. The third-order valence-corrected chi connectivity index (χ3v) is 4.05. The van der Waals surface area contributed by atoms with Gasteiger partial charge in [-0.05, 0) is 25.5 Å². The molecule has 1 atom stereocenters. The monoisotopic (exact) mass is 281 g/mol. The molecule has 114 valence electrons. The van der Waals surface area contributed by atoms with E-state index in [4.69, 9.17) is 9.47 Å². The maximum Gasteiger partial charge on any atom is 0.0881 e. The topological polar surface area (TPSA) is 48.3 Å². The van der Waals surface area contributed by atoms with Gasteiger partial charge < -0.3 is 14.8 Å². The first kappa shape index (κ1) is 15.5. The van der Waals surface area contributed by atoms with Crippen LogP contribution in [-0.4, -0.2) is 47.8 Å². The molecule has 2 rings (SSSR count). The Morgan fingerprint density at radius 3 is 2.75 bits per heavy atom. The van der Waals surface area contributed by atoms with Gasteiger partial charge in [0, 0.05) is 51.9 Å². The predicted molar refractivity (Wildman–Crippen MR) is 78.8 cm³/mol. The van der Waals surface area contributed by atoms with Gasteiger partial charge in [-0.25, -0.2) is 0 Å². The van der Waals surface area contributed by atoms with E-state index in [0.29, 0.717) is 6.04 Å². The largest absolute Gasteiger partial charge is 0.381 e. The first-order valence-corrected chi connectivity index (χ1v) is 7.63. The summed E-state index contributed by atoms with van der Waals surface area (Å²) in [5.41, 5.74) is 1.14. The average Bonchev–Trinajstić information content (AvgIpc) is 2.85. The van der Waals surface area contributed by atoms with E-state index in [1.807, 2.05) is 17.9 Å². The molecule has 0 radical (unpaired) electrons. The van der Waals surface area contributed by atoms with Gasteiger partial charge in [0.25, 0.3) is 0 Å². The summed E-state index contributed by atoms with van der Waals surface area (Å²) in [4.78, 5) is 0. The molecule has 1 N–H and O–H groups in total. The van der Waals surface area contributed by atoms with Crippen LogP contribution in [0.25, 0.3) is 0 Å². The Kier molecular flexibility index (Phi) is 5.57. The van der Waals surface area contributed by atoms with E-state index in [0.717, 1.165) is 45.6 Å². The number of nitrogens with zero attached hydrogens (tertiary/aromatic N) is 2. The summed E-state index contributed by atoms with van der Waals surface area (Å²) in [6, 6.07) is 0.306. The third-order valence-electron chi connectivity index (χ3n) is 4.05.